The molecule has 104 valence electrons. The second-order valence-electron chi connectivity index (χ2n) is 4.59. The Labute approximate surface area is 131 Å². The molecule has 0 unspecified atom stereocenters. The predicted molar refractivity (Wildman–Crippen MR) is 87.4 cm³/mol. The van der Waals surface area contributed by atoms with Crippen LogP contribution >= 0.6 is 27.5 Å². The number of anilines is 2. The average molecular weight is 354 g/mol. The minimum Gasteiger partial charge on any atom is -0.397 e. The van der Waals surface area contributed by atoms with Gasteiger partial charge < -0.3 is 11.1 Å². The molecular weight excluding hydrogens is 340 g/mol. The van der Waals surface area contributed by atoms with Crippen LogP contribution in [0.15, 0.2) is 34.8 Å². The summed E-state index contributed by atoms with van der Waals surface area (Å²) in [5.41, 5.74) is 9.32. The van der Waals surface area contributed by atoms with E-state index < -0.39 is 0 Å². The van der Waals surface area contributed by atoms with Crippen molar-refractivity contribution >= 4 is 44.8 Å². The van der Waals surface area contributed by atoms with Gasteiger partial charge in [-0.25, -0.2) is 0 Å². The predicted octanol–water partition coefficient (Wildman–Crippen LogP) is 4.55. The zero-order chi connectivity index (χ0) is 14.9. The van der Waals surface area contributed by atoms with Gasteiger partial charge in [-0.3, -0.25) is 4.79 Å². The number of hydrogen-bond donors (Lipinski definition) is 2. The van der Waals surface area contributed by atoms with E-state index in [-0.39, 0.29) is 11.6 Å². The van der Waals surface area contributed by atoms with Gasteiger partial charge >= 0.3 is 0 Å². The molecule has 0 fully saturated rings. The lowest BCUT2D eigenvalue weighted by Gasteiger charge is -2.13. The molecule has 0 atom stereocenters. The van der Waals surface area contributed by atoms with Crippen LogP contribution in [0.5, 0.6) is 0 Å². The van der Waals surface area contributed by atoms with E-state index in [4.69, 9.17) is 17.3 Å². The van der Waals surface area contributed by atoms with Gasteiger partial charge in [0.2, 0.25) is 0 Å². The molecule has 0 bridgehead atoms. The summed E-state index contributed by atoms with van der Waals surface area (Å²) >= 11 is 9.39. The lowest BCUT2D eigenvalue weighted by molar-refractivity contribution is 0.102. The highest BCUT2D eigenvalue weighted by Crippen LogP contribution is 2.29. The van der Waals surface area contributed by atoms with E-state index in [1.54, 1.807) is 18.2 Å². The summed E-state index contributed by atoms with van der Waals surface area (Å²) in [4.78, 5) is 12.3. The van der Waals surface area contributed by atoms with Crippen LogP contribution in [0.4, 0.5) is 11.4 Å². The van der Waals surface area contributed by atoms with Crippen LogP contribution in [0, 0.1) is 13.8 Å². The molecule has 2 rings (SSSR count). The van der Waals surface area contributed by atoms with E-state index in [1.807, 2.05) is 26.0 Å². The molecular formula is C15H14BrClN2O. The Morgan fingerprint density at radius 1 is 1.30 bits per heavy atom. The fourth-order valence-electron chi connectivity index (χ4n) is 1.99. The Balaban J connectivity index is 2.36. The number of halogens is 2. The van der Waals surface area contributed by atoms with Gasteiger partial charge in [0.25, 0.3) is 5.91 Å². The molecule has 0 saturated carbocycles. The van der Waals surface area contributed by atoms with Crippen molar-refractivity contribution in [3.63, 3.8) is 0 Å². The normalized spacial score (nSPS) is 10.4. The topological polar surface area (TPSA) is 55.1 Å². The van der Waals surface area contributed by atoms with Gasteiger partial charge in [0.1, 0.15) is 0 Å². The summed E-state index contributed by atoms with van der Waals surface area (Å²) in [6.45, 7) is 3.94. The molecule has 0 aromatic heterocycles. The molecule has 3 nitrogen and oxygen atoms in total. The Hall–Kier alpha value is -1.52. The van der Waals surface area contributed by atoms with Crippen molar-refractivity contribution in [3.05, 3.63) is 56.5 Å². The third-order valence-corrected chi connectivity index (χ3v) is 3.92. The van der Waals surface area contributed by atoms with Crippen molar-refractivity contribution in [3.8, 4) is 0 Å². The summed E-state index contributed by atoms with van der Waals surface area (Å²) in [5, 5.41) is 3.24. The summed E-state index contributed by atoms with van der Waals surface area (Å²) in [5.74, 6) is -0.280. The van der Waals surface area contributed by atoms with E-state index in [2.05, 4.69) is 21.2 Å². The summed E-state index contributed by atoms with van der Waals surface area (Å²) < 4.78 is 0.837. The second-order valence-corrected chi connectivity index (χ2v) is 5.86. The highest BCUT2D eigenvalue weighted by molar-refractivity contribution is 9.10. The zero-order valence-corrected chi connectivity index (χ0v) is 13.5. The molecule has 2 aromatic carbocycles. The van der Waals surface area contributed by atoms with Gasteiger partial charge in [-0.2, -0.15) is 0 Å². The Bertz CT molecular complexity index is 663. The first-order valence-corrected chi connectivity index (χ1v) is 7.19. The SMILES string of the molecule is Cc1cc(C)c(NC(=O)c2cccc(Cl)c2N)c(Br)c1. The van der Waals surface area contributed by atoms with Crippen LogP contribution in [-0.4, -0.2) is 5.91 Å². The molecule has 20 heavy (non-hydrogen) atoms. The number of aryl methyl sites for hydroxylation is 2. The molecule has 0 aliphatic heterocycles. The second kappa shape index (κ2) is 5.85. The average Bonchev–Trinajstić information content (AvgIpc) is 2.36. The van der Waals surface area contributed by atoms with Gasteiger partial charge in [-0.05, 0) is 59.1 Å². The number of hydrogen-bond acceptors (Lipinski definition) is 2. The molecule has 0 heterocycles. The molecule has 0 aliphatic carbocycles. The molecule has 1 amide bonds. The summed E-state index contributed by atoms with van der Waals surface area (Å²) in [6.07, 6.45) is 0. The Morgan fingerprint density at radius 2 is 2.00 bits per heavy atom. The number of nitrogen functional groups attached to an aromatic ring is 1. The maximum atomic E-state index is 12.3. The van der Waals surface area contributed by atoms with E-state index >= 15 is 0 Å². The first kappa shape index (κ1) is 14.9. The Kier molecular flexibility index (Phi) is 4.35. The van der Waals surface area contributed by atoms with Crippen molar-refractivity contribution in [1.29, 1.82) is 0 Å². The van der Waals surface area contributed by atoms with Crippen LogP contribution < -0.4 is 11.1 Å². The maximum absolute atomic E-state index is 12.3. The third kappa shape index (κ3) is 2.97. The number of carbonyl (C=O) groups excluding carboxylic acids is 1. The van der Waals surface area contributed by atoms with E-state index in [9.17, 15) is 4.79 Å². The first-order chi connectivity index (χ1) is 9.40. The fourth-order valence-corrected chi connectivity index (χ4v) is 2.94. The van der Waals surface area contributed by atoms with Gasteiger partial charge in [-0.1, -0.05) is 23.7 Å². The molecule has 5 heteroatoms. The van der Waals surface area contributed by atoms with Crippen LogP contribution in [0.2, 0.25) is 5.02 Å². The Morgan fingerprint density at radius 3 is 2.65 bits per heavy atom. The highest BCUT2D eigenvalue weighted by atomic mass is 79.9. The first-order valence-electron chi connectivity index (χ1n) is 6.02. The van der Waals surface area contributed by atoms with Crippen molar-refractivity contribution in [1.82, 2.24) is 0 Å². The van der Waals surface area contributed by atoms with Crippen LogP contribution in [0.3, 0.4) is 0 Å². The summed E-state index contributed by atoms with van der Waals surface area (Å²) in [6, 6.07) is 8.95. The van der Waals surface area contributed by atoms with Crippen molar-refractivity contribution in [2.45, 2.75) is 13.8 Å². The van der Waals surface area contributed by atoms with E-state index in [0.29, 0.717) is 10.6 Å². The molecule has 0 saturated heterocycles. The quantitative estimate of drug-likeness (QED) is 0.778. The number of nitrogens with one attached hydrogen (secondary N) is 1. The van der Waals surface area contributed by atoms with Gasteiger partial charge in [-0.15, -0.1) is 0 Å². The van der Waals surface area contributed by atoms with Gasteiger partial charge in [0, 0.05) is 4.47 Å². The lowest BCUT2D eigenvalue weighted by Crippen LogP contribution is -2.15. The number of carbonyl (C=O) groups is 1. The summed E-state index contributed by atoms with van der Waals surface area (Å²) in [7, 11) is 0. The number of rotatable bonds is 2. The smallest absolute Gasteiger partial charge is 0.257 e. The fraction of sp³-hybridized carbons (Fsp3) is 0.133. The molecule has 0 radical (unpaired) electrons. The van der Waals surface area contributed by atoms with E-state index in [1.165, 1.54) is 0 Å². The zero-order valence-electron chi connectivity index (χ0n) is 11.1. The standard InChI is InChI=1S/C15H14BrClN2O/c1-8-6-9(2)14(11(16)7-8)19-15(20)10-4-3-5-12(17)13(10)18/h3-7H,18H2,1-2H3,(H,19,20). The van der Waals surface area contributed by atoms with Crippen LogP contribution in [0.1, 0.15) is 21.5 Å². The lowest BCUT2D eigenvalue weighted by atomic mass is 10.1. The monoisotopic (exact) mass is 352 g/mol. The largest absolute Gasteiger partial charge is 0.397 e. The van der Waals surface area contributed by atoms with Gasteiger partial charge in [0.15, 0.2) is 0 Å². The van der Waals surface area contributed by atoms with Crippen LogP contribution in [-0.2, 0) is 0 Å². The minimum atomic E-state index is -0.280. The number of amides is 1. The van der Waals surface area contributed by atoms with Crippen molar-refractivity contribution < 1.29 is 4.79 Å². The molecule has 0 aliphatic rings. The van der Waals surface area contributed by atoms with Crippen molar-refractivity contribution in [2.75, 3.05) is 11.1 Å². The molecule has 3 N–H and O–H groups in total. The minimum absolute atomic E-state index is 0.280. The number of nitrogens with two attached hydrogens (primary N) is 1. The van der Waals surface area contributed by atoms with Crippen molar-refractivity contribution in [2.24, 2.45) is 0 Å². The maximum Gasteiger partial charge on any atom is 0.257 e. The number of para-hydroxylation sites is 1. The van der Waals surface area contributed by atoms with Crippen LogP contribution in [0.25, 0.3) is 0 Å². The number of benzene rings is 2. The molecule has 0 spiro atoms. The van der Waals surface area contributed by atoms with Gasteiger partial charge in [0.05, 0.1) is 22.0 Å². The highest BCUT2D eigenvalue weighted by Gasteiger charge is 2.14. The van der Waals surface area contributed by atoms with E-state index in [0.717, 1.165) is 21.3 Å². The third-order valence-electron chi connectivity index (χ3n) is 2.97. The molecule has 2 aromatic rings.